The van der Waals surface area contributed by atoms with E-state index >= 15 is 0 Å². The van der Waals surface area contributed by atoms with Gasteiger partial charge in [-0.15, -0.1) is 0 Å². The predicted octanol–water partition coefficient (Wildman–Crippen LogP) is 7.80. The highest BCUT2D eigenvalue weighted by Gasteiger charge is 2.38. The third-order valence-corrected chi connectivity index (χ3v) is 13.4. The van der Waals surface area contributed by atoms with Crippen molar-refractivity contribution in [3.63, 3.8) is 0 Å². The number of aromatic hydroxyl groups is 2. The average molecular weight is 934 g/mol. The topological polar surface area (TPSA) is 204 Å². The summed E-state index contributed by atoms with van der Waals surface area (Å²) in [6, 6.07) is 20.4. The number of Topliss-reactive ketones (excluding diaryl/α,β-unsaturated/α-hetero) is 4. The summed E-state index contributed by atoms with van der Waals surface area (Å²) >= 11 is 6.07. The van der Waals surface area contributed by atoms with E-state index in [2.05, 4.69) is 5.32 Å². The van der Waals surface area contributed by atoms with Crippen LogP contribution in [0.3, 0.4) is 0 Å². The maximum absolute atomic E-state index is 14.7. The number of nitrogens with one attached hydrogen (secondary N) is 1. The van der Waals surface area contributed by atoms with Crippen LogP contribution in [0.2, 0.25) is 5.02 Å². The molecule has 6 rings (SSSR count). The maximum Gasteiger partial charge on any atom is 0.226 e. The fourth-order valence-electron chi connectivity index (χ4n) is 9.32. The Bertz CT molecular complexity index is 2490. The number of rotatable bonds is 15. The molecule has 2 aliphatic rings. The molecule has 0 saturated carbocycles. The van der Waals surface area contributed by atoms with Crippen molar-refractivity contribution in [1.82, 2.24) is 15.1 Å². The highest BCUT2D eigenvalue weighted by atomic mass is 35.5. The molecule has 354 valence electrons. The van der Waals surface area contributed by atoms with Gasteiger partial charge in [0.15, 0.2) is 23.1 Å². The second kappa shape index (κ2) is 22.5. The molecule has 4 aromatic carbocycles. The number of carbonyl (C=O) groups excluding carboxylic acids is 7. The Morgan fingerprint density at radius 3 is 2.15 bits per heavy atom. The van der Waals surface area contributed by atoms with Crippen molar-refractivity contribution in [3.05, 3.63) is 107 Å². The number of carbonyl (C=O) groups is 7. The second-order valence-electron chi connectivity index (χ2n) is 18.2. The van der Waals surface area contributed by atoms with Crippen LogP contribution in [0, 0.1) is 17.8 Å². The molecule has 0 spiro atoms. The van der Waals surface area contributed by atoms with Crippen molar-refractivity contribution in [2.45, 2.75) is 103 Å². The van der Waals surface area contributed by atoms with Crippen LogP contribution in [-0.2, 0) is 35.2 Å². The van der Waals surface area contributed by atoms with E-state index in [-0.39, 0.29) is 65.8 Å². The normalized spacial score (nSPS) is 19.6. The van der Waals surface area contributed by atoms with E-state index < -0.39 is 59.3 Å². The number of nitrogens with two attached hydrogens (primary N) is 1. The van der Waals surface area contributed by atoms with Crippen LogP contribution < -0.4 is 11.1 Å². The highest BCUT2D eigenvalue weighted by molar-refractivity contribution is 6.30. The van der Waals surface area contributed by atoms with Gasteiger partial charge in [0.1, 0.15) is 17.5 Å². The van der Waals surface area contributed by atoms with Crippen LogP contribution in [-0.4, -0.2) is 93.1 Å². The van der Waals surface area contributed by atoms with Gasteiger partial charge in [0.25, 0.3) is 0 Å². The van der Waals surface area contributed by atoms with Gasteiger partial charge in [0.05, 0.1) is 12.1 Å². The van der Waals surface area contributed by atoms with E-state index in [1.54, 1.807) is 55.1 Å². The Labute approximate surface area is 397 Å². The summed E-state index contributed by atoms with van der Waals surface area (Å²) in [5.41, 5.74) is 9.21. The first-order valence-electron chi connectivity index (χ1n) is 23.1. The van der Waals surface area contributed by atoms with Crippen LogP contribution in [0.5, 0.6) is 11.5 Å². The molecule has 67 heavy (non-hydrogen) atoms. The zero-order valence-corrected chi connectivity index (χ0v) is 39.4. The minimum atomic E-state index is -1.29. The number of benzene rings is 4. The second-order valence-corrected chi connectivity index (χ2v) is 18.7. The predicted molar refractivity (Wildman–Crippen MR) is 256 cm³/mol. The van der Waals surface area contributed by atoms with Gasteiger partial charge in [-0.3, -0.25) is 33.6 Å². The van der Waals surface area contributed by atoms with Crippen molar-refractivity contribution in [1.29, 1.82) is 0 Å². The van der Waals surface area contributed by atoms with Gasteiger partial charge < -0.3 is 31.1 Å². The van der Waals surface area contributed by atoms with Crippen molar-refractivity contribution < 1.29 is 43.8 Å². The van der Waals surface area contributed by atoms with Crippen LogP contribution in [0.4, 0.5) is 0 Å². The number of hydrogen-bond donors (Lipinski definition) is 4. The number of fused-ring (bicyclic) bond motifs is 5. The van der Waals surface area contributed by atoms with E-state index in [0.717, 1.165) is 24.0 Å². The first-order chi connectivity index (χ1) is 32.0. The third-order valence-electron chi connectivity index (χ3n) is 13.2. The Kier molecular flexibility index (Phi) is 16.9. The number of hydrogen-bond acceptors (Lipinski definition) is 10. The van der Waals surface area contributed by atoms with E-state index in [1.165, 1.54) is 43.1 Å². The number of likely N-dealkylation sites (tertiary alicyclic amines) is 1. The fraction of sp³-hybridized carbons (Fsp3) is 0.415. The summed E-state index contributed by atoms with van der Waals surface area (Å²) < 4.78 is 0. The SMILES string of the molecule is CC(=O)[C@@H]1CCCCN1C(=O)[C@H](C)CC(=O)[C@@H]1Cc2ccc(O)c(c2)-c2cc(ccc2O)[C@H](N(C)C(=O)[C@H](CCCCN)CC(=O)c2ccc(-c3ccc(Cl)cc3)cc2)C(=O)C[C@@H](C)C(=O)N1. The van der Waals surface area contributed by atoms with E-state index in [1.807, 2.05) is 24.3 Å². The minimum Gasteiger partial charge on any atom is -0.507 e. The lowest BCUT2D eigenvalue weighted by molar-refractivity contribution is -0.145. The molecular formula is C53H61ClN4O9. The molecule has 14 heteroatoms. The van der Waals surface area contributed by atoms with E-state index in [4.69, 9.17) is 17.3 Å². The molecule has 3 amide bonds. The number of amides is 3. The largest absolute Gasteiger partial charge is 0.507 e. The summed E-state index contributed by atoms with van der Waals surface area (Å²) in [6.07, 6.45) is 2.82. The first kappa shape index (κ1) is 50.2. The number of unbranched alkanes of at least 4 members (excludes halogenated alkanes) is 1. The number of nitrogens with zero attached hydrogens (tertiary/aromatic N) is 2. The van der Waals surface area contributed by atoms with Gasteiger partial charge in [0.2, 0.25) is 17.7 Å². The standard InChI is InChI=1S/C53H61ClN4O9/c1-31-25-49(64)50(57(4)53(67)39(9-5-7-23-55)30-47(62)37-14-12-35(13-15-37)36-16-19-40(54)20-17-36)38-18-22-46(61)42(29-38)41-27-34(11-21-45(41)60)28-43(56-51(31)65)48(63)26-32(2)52(66)58-24-8-6-10-44(58)33(3)59/h11-22,27,29,31-32,39,43-44,50,60-61H,5-10,23-26,28,30,55H2,1-4H3,(H,56,65)/t31-,32-,39-,43+,44+,50+/m1/s1. The zero-order chi connectivity index (χ0) is 48.5. The maximum atomic E-state index is 14.7. The molecule has 5 N–H and O–H groups in total. The van der Waals surface area contributed by atoms with Gasteiger partial charge in [-0.2, -0.15) is 0 Å². The Morgan fingerprint density at radius 1 is 0.851 bits per heavy atom. The highest BCUT2D eigenvalue weighted by Crippen LogP contribution is 2.40. The number of phenolic OH excluding ortho intramolecular Hbond substituents is 2. The molecule has 0 unspecified atom stereocenters. The van der Waals surface area contributed by atoms with E-state index in [9.17, 15) is 43.8 Å². The smallest absolute Gasteiger partial charge is 0.226 e. The molecule has 0 aliphatic carbocycles. The van der Waals surface area contributed by atoms with Crippen molar-refractivity contribution in [2.24, 2.45) is 23.5 Å². The monoisotopic (exact) mass is 932 g/mol. The molecule has 2 aliphatic heterocycles. The van der Waals surface area contributed by atoms with Gasteiger partial charge in [-0.1, -0.05) is 80.4 Å². The number of halogens is 1. The summed E-state index contributed by atoms with van der Waals surface area (Å²) in [5.74, 6) is -5.78. The Balaban J connectivity index is 1.29. The summed E-state index contributed by atoms with van der Waals surface area (Å²) in [4.78, 5) is 100. The zero-order valence-electron chi connectivity index (χ0n) is 38.6. The number of likely N-dealkylation sites (N-methyl/N-ethyl adjacent to an activating group) is 1. The fourth-order valence-corrected chi connectivity index (χ4v) is 9.45. The van der Waals surface area contributed by atoms with Gasteiger partial charge >= 0.3 is 0 Å². The molecule has 6 atom stereocenters. The summed E-state index contributed by atoms with van der Waals surface area (Å²) in [7, 11) is 1.48. The van der Waals surface area contributed by atoms with Crippen molar-refractivity contribution in [2.75, 3.05) is 20.1 Å². The van der Waals surface area contributed by atoms with Gasteiger partial charge in [-0.25, -0.2) is 0 Å². The molecule has 1 fully saturated rings. The van der Waals surface area contributed by atoms with Gasteiger partial charge in [0, 0.05) is 72.3 Å². The molecule has 13 nitrogen and oxygen atoms in total. The minimum absolute atomic E-state index is 0.0315. The van der Waals surface area contributed by atoms with Crippen LogP contribution in [0.1, 0.15) is 106 Å². The average Bonchev–Trinajstić information content (AvgIpc) is 3.31. The first-order valence-corrected chi connectivity index (χ1v) is 23.5. The molecule has 2 heterocycles. The Hall–Kier alpha value is -6.18. The van der Waals surface area contributed by atoms with Crippen molar-refractivity contribution in [3.8, 4) is 33.8 Å². The Morgan fingerprint density at radius 2 is 1.49 bits per heavy atom. The summed E-state index contributed by atoms with van der Waals surface area (Å²) in [6.45, 7) is 5.43. The van der Waals surface area contributed by atoms with Crippen LogP contribution >= 0.6 is 11.6 Å². The summed E-state index contributed by atoms with van der Waals surface area (Å²) in [5, 5.41) is 25.9. The van der Waals surface area contributed by atoms with Crippen LogP contribution in [0.25, 0.3) is 22.3 Å². The molecule has 4 aromatic rings. The van der Waals surface area contributed by atoms with Crippen LogP contribution in [0.15, 0.2) is 84.9 Å². The number of piperidine rings is 1. The lowest BCUT2D eigenvalue weighted by Gasteiger charge is -2.36. The molecule has 0 aromatic heterocycles. The van der Waals surface area contributed by atoms with Crippen molar-refractivity contribution >= 4 is 52.5 Å². The van der Waals surface area contributed by atoms with E-state index in [0.29, 0.717) is 60.5 Å². The molecule has 0 radical (unpaired) electrons. The molecule has 4 bridgehead atoms. The number of ketones is 4. The molecular weight excluding hydrogens is 872 g/mol. The van der Waals surface area contributed by atoms with Gasteiger partial charge in [-0.05, 0) is 111 Å². The molecule has 1 saturated heterocycles. The quantitative estimate of drug-likeness (QED) is 0.0673. The third kappa shape index (κ3) is 12.2. The number of phenols is 2. The lowest BCUT2D eigenvalue weighted by atomic mass is 9.87. The lowest BCUT2D eigenvalue weighted by Crippen LogP contribution is -2.50.